The Hall–Kier alpha value is -1.59. The summed E-state index contributed by atoms with van der Waals surface area (Å²) in [5.74, 6) is 0. The summed E-state index contributed by atoms with van der Waals surface area (Å²) in [6.45, 7) is 2.61. The van der Waals surface area contributed by atoms with Crippen LogP contribution in [-0.4, -0.2) is 31.0 Å². The molecule has 5 heteroatoms. The Morgan fingerprint density at radius 3 is 2.83 bits per heavy atom. The van der Waals surface area contributed by atoms with E-state index in [2.05, 4.69) is 0 Å². The first-order valence-corrected chi connectivity index (χ1v) is 5.92. The highest BCUT2D eigenvalue weighted by Gasteiger charge is 2.25. The largest absolute Gasteiger partial charge is 0.465 e. The molecule has 2 rings (SSSR count). The van der Waals surface area contributed by atoms with Gasteiger partial charge in [-0.25, -0.2) is 4.79 Å². The van der Waals surface area contributed by atoms with Crippen molar-refractivity contribution < 1.29 is 19.4 Å². The fourth-order valence-electron chi connectivity index (χ4n) is 1.92. The SMILES string of the molecule is CC1CCOC(c2ccccc2N(C)C(=O)O)O1. The van der Waals surface area contributed by atoms with Crippen LogP contribution in [0.5, 0.6) is 0 Å². The van der Waals surface area contributed by atoms with Gasteiger partial charge >= 0.3 is 6.09 Å². The number of amides is 1. The van der Waals surface area contributed by atoms with Crippen LogP contribution < -0.4 is 4.90 Å². The lowest BCUT2D eigenvalue weighted by Gasteiger charge is -2.30. The van der Waals surface area contributed by atoms with E-state index < -0.39 is 12.4 Å². The van der Waals surface area contributed by atoms with Crippen LogP contribution in [0.3, 0.4) is 0 Å². The van der Waals surface area contributed by atoms with E-state index in [0.717, 1.165) is 12.0 Å². The second kappa shape index (κ2) is 5.37. The first kappa shape index (κ1) is 12.9. The number of anilines is 1. The zero-order valence-electron chi connectivity index (χ0n) is 10.5. The number of carbonyl (C=O) groups is 1. The van der Waals surface area contributed by atoms with Gasteiger partial charge in [-0.15, -0.1) is 0 Å². The maximum Gasteiger partial charge on any atom is 0.411 e. The molecule has 1 aromatic carbocycles. The molecular weight excluding hydrogens is 234 g/mol. The van der Waals surface area contributed by atoms with Crippen LogP contribution in [0.25, 0.3) is 0 Å². The first-order valence-electron chi connectivity index (χ1n) is 5.92. The Kier molecular flexibility index (Phi) is 3.84. The molecule has 98 valence electrons. The molecule has 1 fully saturated rings. The second-order valence-electron chi connectivity index (χ2n) is 4.34. The third-order valence-corrected chi connectivity index (χ3v) is 2.99. The number of rotatable bonds is 2. The van der Waals surface area contributed by atoms with Crippen molar-refractivity contribution in [1.29, 1.82) is 0 Å². The molecule has 0 spiro atoms. The summed E-state index contributed by atoms with van der Waals surface area (Å²) in [6, 6.07) is 7.22. The standard InChI is InChI=1S/C13H17NO4/c1-9-7-8-17-12(18-9)10-5-3-4-6-11(10)14(2)13(15)16/h3-6,9,12H,7-8H2,1-2H3,(H,15,16). The van der Waals surface area contributed by atoms with Crippen molar-refractivity contribution in [3.8, 4) is 0 Å². The van der Waals surface area contributed by atoms with Crippen LogP contribution in [0.15, 0.2) is 24.3 Å². The van der Waals surface area contributed by atoms with Gasteiger partial charge in [-0.05, 0) is 19.4 Å². The molecule has 1 aliphatic rings. The number of benzene rings is 1. The highest BCUT2D eigenvalue weighted by Crippen LogP contribution is 2.32. The molecule has 18 heavy (non-hydrogen) atoms. The summed E-state index contributed by atoms with van der Waals surface area (Å²) in [6.07, 6.45) is -0.530. The number of ether oxygens (including phenoxy) is 2. The molecule has 0 aliphatic carbocycles. The molecule has 1 aliphatic heterocycles. The molecule has 0 aromatic heterocycles. The number of hydrogen-bond acceptors (Lipinski definition) is 3. The van der Waals surface area contributed by atoms with Crippen LogP contribution in [0, 0.1) is 0 Å². The predicted octanol–water partition coefficient (Wildman–Crippen LogP) is 2.62. The Bertz CT molecular complexity index is 435. The van der Waals surface area contributed by atoms with Gasteiger partial charge < -0.3 is 14.6 Å². The molecule has 2 unspecified atom stereocenters. The van der Waals surface area contributed by atoms with E-state index in [0.29, 0.717) is 12.3 Å². The molecule has 1 N–H and O–H groups in total. The zero-order chi connectivity index (χ0) is 13.1. The molecule has 2 atom stereocenters. The van der Waals surface area contributed by atoms with Crippen molar-refractivity contribution >= 4 is 11.8 Å². The molecule has 0 radical (unpaired) electrons. The summed E-state index contributed by atoms with van der Waals surface area (Å²) >= 11 is 0. The van der Waals surface area contributed by atoms with E-state index in [1.807, 2.05) is 19.1 Å². The van der Waals surface area contributed by atoms with Gasteiger partial charge in [0, 0.05) is 12.6 Å². The van der Waals surface area contributed by atoms with Crippen LogP contribution in [-0.2, 0) is 9.47 Å². The van der Waals surface area contributed by atoms with Crippen LogP contribution in [0.4, 0.5) is 10.5 Å². The van der Waals surface area contributed by atoms with E-state index in [4.69, 9.17) is 14.6 Å². The van der Waals surface area contributed by atoms with E-state index in [1.54, 1.807) is 12.1 Å². The van der Waals surface area contributed by atoms with E-state index in [9.17, 15) is 4.79 Å². The van der Waals surface area contributed by atoms with Crippen LogP contribution >= 0.6 is 0 Å². The van der Waals surface area contributed by atoms with Crippen molar-refractivity contribution in [3.05, 3.63) is 29.8 Å². The topological polar surface area (TPSA) is 59.0 Å². The minimum atomic E-state index is -1.01. The fraction of sp³-hybridized carbons (Fsp3) is 0.462. The number of hydrogen-bond donors (Lipinski definition) is 1. The highest BCUT2D eigenvalue weighted by molar-refractivity contribution is 5.86. The van der Waals surface area contributed by atoms with Gasteiger partial charge in [0.2, 0.25) is 0 Å². The number of para-hydroxylation sites is 1. The van der Waals surface area contributed by atoms with E-state index >= 15 is 0 Å². The lowest BCUT2D eigenvalue weighted by Crippen LogP contribution is -2.29. The van der Waals surface area contributed by atoms with Crippen LogP contribution in [0.2, 0.25) is 0 Å². The Balaban J connectivity index is 2.29. The Morgan fingerprint density at radius 1 is 1.44 bits per heavy atom. The predicted molar refractivity (Wildman–Crippen MR) is 66.7 cm³/mol. The van der Waals surface area contributed by atoms with E-state index in [1.165, 1.54) is 11.9 Å². The van der Waals surface area contributed by atoms with Crippen molar-refractivity contribution in [1.82, 2.24) is 0 Å². The van der Waals surface area contributed by atoms with Gasteiger partial charge in [0.25, 0.3) is 0 Å². The second-order valence-corrected chi connectivity index (χ2v) is 4.34. The first-order chi connectivity index (χ1) is 8.59. The maximum atomic E-state index is 11.0. The number of nitrogens with zero attached hydrogens (tertiary/aromatic N) is 1. The Morgan fingerprint density at radius 2 is 2.17 bits per heavy atom. The van der Waals surface area contributed by atoms with Gasteiger partial charge in [0.05, 0.1) is 18.4 Å². The quantitative estimate of drug-likeness (QED) is 0.877. The van der Waals surface area contributed by atoms with Crippen molar-refractivity contribution in [2.45, 2.75) is 25.7 Å². The molecule has 0 saturated carbocycles. The van der Waals surface area contributed by atoms with Gasteiger partial charge in [0.1, 0.15) is 0 Å². The Labute approximate surface area is 106 Å². The summed E-state index contributed by atoms with van der Waals surface area (Å²) in [7, 11) is 1.51. The number of carboxylic acid groups (broad SMARTS) is 1. The van der Waals surface area contributed by atoms with Gasteiger partial charge in [-0.1, -0.05) is 18.2 Å². The minimum Gasteiger partial charge on any atom is -0.465 e. The zero-order valence-corrected chi connectivity index (χ0v) is 10.5. The minimum absolute atomic E-state index is 0.118. The highest BCUT2D eigenvalue weighted by atomic mass is 16.7. The summed E-state index contributed by atoms with van der Waals surface area (Å²) in [5.41, 5.74) is 1.33. The third-order valence-electron chi connectivity index (χ3n) is 2.99. The molecule has 0 bridgehead atoms. The normalized spacial score (nSPS) is 23.7. The third kappa shape index (κ3) is 2.63. The lowest BCUT2D eigenvalue weighted by molar-refractivity contribution is -0.212. The van der Waals surface area contributed by atoms with Gasteiger partial charge in [-0.2, -0.15) is 0 Å². The maximum absolute atomic E-state index is 11.0. The average Bonchev–Trinajstić information content (AvgIpc) is 2.38. The van der Waals surface area contributed by atoms with Gasteiger partial charge in [0.15, 0.2) is 6.29 Å². The molecular formula is C13H17NO4. The summed E-state index contributed by atoms with van der Waals surface area (Å²) in [5, 5.41) is 9.05. The molecule has 1 heterocycles. The van der Waals surface area contributed by atoms with Crippen LogP contribution in [0.1, 0.15) is 25.2 Å². The molecule has 5 nitrogen and oxygen atoms in total. The lowest BCUT2D eigenvalue weighted by atomic mass is 10.1. The van der Waals surface area contributed by atoms with Crippen molar-refractivity contribution in [2.24, 2.45) is 0 Å². The van der Waals surface area contributed by atoms with Gasteiger partial charge in [-0.3, -0.25) is 4.90 Å². The average molecular weight is 251 g/mol. The van der Waals surface area contributed by atoms with Crippen molar-refractivity contribution in [3.63, 3.8) is 0 Å². The molecule has 1 amide bonds. The summed E-state index contributed by atoms with van der Waals surface area (Å²) in [4.78, 5) is 12.2. The monoisotopic (exact) mass is 251 g/mol. The smallest absolute Gasteiger partial charge is 0.411 e. The summed E-state index contributed by atoms with van der Waals surface area (Å²) < 4.78 is 11.3. The molecule has 1 saturated heterocycles. The molecule has 1 aromatic rings. The van der Waals surface area contributed by atoms with Crippen molar-refractivity contribution in [2.75, 3.05) is 18.6 Å². The fourth-order valence-corrected chi connectivity index (χ4v) is 1.92. The van der Waals surface area contributed by atoms with E-state index in [-0.39, 0.29) is 6.10 Å².